The van der Waals surface area contributed by atoms with Crippen LogP contribution in [0.1, 0.15) is 49.8 Å². The molecular weight excluding hydrogens is 466 g/mol. The Bertz CT molecular complexity index is 1480. The summed E-state index contributed by atoms with van der Waals surface area (Å²) in [4.78, 5) is 5.75. The highest BCUT2D eigenvalue weighted by Gasteiger charge is 2.27. The van der Waals surface area contributed by atoms with Crippen molar-refractivity contribution in [1.82, 2.24) is 0 Å². The zero-order chi connectivity index (χ0) is 26.5. The van der Waals surface area contributed by atoms with Crippen LogP contribution in [0.4, 0.5) is 17.1 Å². The lowest BCUT2D eigenvalue weighted by Crippen LogP contribution is -2.27. The van der Waals surface area contributed by atoms with E-state index in [1.807, 2.05) is 38.1 Å². The van der Waals surface area contributed by atoms with Crippen LogP contribution >= 0.6 is 0 Å². The van der Waals surface area contributed by atoms with Crippen LogP contribution in [-0.2, 0) is 17.6 Å². The summed E-state index contributed by atoms with van der Waals surface area (Å²) in [6.07, 6.45) is 11.0. The molecule has 2 aliphatic rings. The number of nitrogens with zero attached hydrogens (tertiary/aromatic N) is 3. The van der Waals surface area contributed by atoms with Gasteiger partial charge in [-0.1, -0.05) is 48.5 Å². The van der Waals surface area contributed by atoms with Crippen molar-refractivity contribution in [1.29, 1.82) is 5.26 Å². The molecule has 0 radical (unpaired) electrons. The standard InChI is InChI=1S/C34H31N3O/c1-34(2)23-27(32(24-35)36-3)22-30(38-34)21-18-25-16-19-29(20-17-25)37(28-12-5-4-6-13-28)33-15-9-11-26-10-7-8-14-31(26)33/h4-6,9,11-13,15-22H,7-8,10,14,23H2,1-2H3. The maximum Gasteiger partial charge on any atom is 0.265 e. The molecule has 0 fully saturated rings. The summed E-state index contributed by atoms with van der Waals surface area (Å²) in [7, 11) is 0. The van der Waals surface area contributed by atoms with Crippen LogP contribution in [0.3, 0.4) is 0 Å². The fourth-order valence-electron chi connectivity index (χ4n) is 5.36. The largest absolute Gasteiger partial charge is 0.488 e. The number of aryl methyl sites for hydroxylation is 1. The van der Waals surface area contributed by atoms with E-state index >= 15 is 0 Å². The second-order valence-electron chi connectivity index (χ2n) is 10.4. The van der Waals surface area contributed by atoms with Crippen LogP contribution < -0.4 is 4.90 Å². The Kier molecular flexibility index (Phi) is 7.16. The highest BCUT2D eigenvalue weighted by Crippen LogP contribution is 2.40. The molecule has 0 spiro atoms. The van der Waals surface area contributed by atoms with Gasteiger partial charge in [-0.15, -0.1) is 0 Å². The average Bonchev–Trinajstić information content (AvgIpc) is 2.93. The lowest BCUT2D eigenvalue weighted by Gasteiger charge is -2.32. The summed E-state index contributed by atoms with van der Waals surface area (Å²) in [6, 6.07) is 27.8. The summed E-state index contributed by atoms with van der Waals surface area (Å²) in [6.45, 7) is 11.3. The first kappa shape index (κ1) is 25.1. The SMILES string of the molecule is [C-]#[N+]C(C#N)=C1C=C(C=Cc2ccc(N(c3ccccc3)c3cccc4c3CCCC4)cc2)OC(C)(C)C1. The van der Waals surface area contributed by atoms with Crippen molar-refractivity contribution >= 4 is 23.1 Å². The molecule has 0 unspecified atom stereocenters. The quantitative estimate of drug-likeness (QED) is 0.261. The van der Waals surface area contributed by atoms with E-state index in [1.54, 1.807) is 0 Å². The molecule has 0 N–H and O–H groups in total. The predicted molar refractivity (Wildman–Crippen MR) is 154 cm³/mol. The summed E-state index contributed by atoms with van der Waals surface area (Å²) in [5, 5.41) is 9.33. The van der Waals surface area contributed by atoms with Gasteiger partial charge in [0.05, 0.1) is 12.6 Å². The van der Waals surface area contributed by atoms with Gasteiger partial charge in [0.1, 0.15) is 11.4 Å². The summed E-state index contributed by atoms with van der Waals surface area (Å²) >= 11 is 0. The van der Waals surface area contributed by atoms with E-state index in [0.29, 0.717) is 12.2 Å². The van der Waals surface area contributed by atoms with E-state index in [4.69, 9.17) is 11.3 Å². The van der Waals surface area contributed by atoms with Crippen molar-refractivity contribution in [3.8, 4) is 6.07 Å². The molecule has 188 valence electrons. The topological polar surface area (TPSA) is 40.6 Å². The maximum atomic E-state index is 9.33. The minimum absolute atomic E-state index is 0.126. The molecule has 1 aliphatic heterocycles. The van der Waals surface area contributed by atoms with Crippen LogP contribution in [0.2, 0.25) is 0 Å². The molecule has 38 heavy (non-hydrogen) atoms. The molecule has 1 heterocycles. The summed E-state index contributed by atoms with van der Waals surface area (Å²) < 4.78 is 6.11. The number of fused-ring (bicyclic) bond motifs is 1. The van der Waals surface area contributed by atoms with E-state index in [-0.39, 0.29) is 5.70 Å². The van der Waals surface area contributed by atoms with E-state index in [1.165, 1.54) is 29.7 Å². The Labute approximate surface area is 225 Å². The van der Waals surface area contributed by atoms with Gasteiger partial charge >= 0.3 is 0 Å². The molecule has 3 aromatic rings. The molecule has 0 aromatic heterocycles. The van der Waals surface area contributed by atoms with E-state index in [0.717, 1.165) is 35.4 Å². The lowest BCUT2D eigenvalue weighted by molar-refractivity contribution is 0.0356. The summed E-state index contributed by atoms with van der Waals surface area (Å²) in [5.41, 5.74) is 7.84. The highest BCUT2D eigenvalue weighted by molar-refractivity contribution is 5.79. The Hall–Kier alpha value is -4.54. The minimum Gasteiger partial charge on any atom is -0.488 e. The highest BCUT2D eigenvalue weighted by atomic mass is 16.5. The van der Waals surface area contributed by atoms with Crippen molar-refractivity contribution in [2.45, 2.75) is 51.6 Å². The molecule has 0 saturated carbocycles. The zero-order valence-electron chi connectivity index (χ0n) is 21.9. The van der Waals surface area contributed by atoms with Gasteiger partial charge in [-0.05, 0) is 104 Å². The normalized spacial score (nSPS) is 17.4. The number of ether oxygens (including phenoxy) is 1. The first-order valence-electron chi connectivity index (χ1n) is 13.1. The van der Waals surface area contributed by atoms with Crippen molar-refractivity contribution in [2.75, 3.05) is 4.90 Å². The molecule has 0 atom stereocenters. The monoisotopic (exact) mass is 497 g/mol. The number of hydrogen-bond donors (Lipinski definition) is 0. The van der Waals surface area contributed by atoms with Crippen molar-refractivity contribution in [3.05, 3.63) is 130 Å². The molecule has 3 aromatic carbocycles. The molecule has 4 heteroatoms. The van der Waals surface area contributed by atoms with E-state index in [9.17, 15) is 5.26 Å². The van der Waals surface area contributed by atoms with Crippen LogP contribution in [0.25, 0.3) is 10.9 Å². The number of para-hydroxylation sites is 1. The lowest BCUT2D eigenvalue weighted by atomic mass is 9.90. The molecular formula is C34H31N3O. The second-order valence-corrected chi connectivity index (χ2v) is 10.4. The number of anilines is 3. The van der Waals surface area contributed by atoms with Crippen LogP contribution in [0, 0.1) is 17.9 Å². The average molecular weight is 498 g/mol. The smallest absolute Gasteiger partial charge is 0.265 e. The van der Waals surface area contributed by atoms with Gasteiger partial charge in [0, 0.05) is 23.5 Å². The Balaban J connectivity index is 1.47. The van der Waals surface area contributed by atoms with Gasteiger partial charge in [-0.3, -0.25) is 0 Å². The molecule has 0 bridgehead atoms. The van der Waals surface area contributed by atoms with Gasteiger partial charge in [0.25, 0.3) is 5.70 Å². The second kappa shape index (κ2) is 10.8. The first-order chi connectivity index (χ1) is 18.5. The fraction of sp³-hybridized carbons (Fsp3) is 0.235. The van der Waals surface area contributed by atoms with Gasteiger partial charge in [0.2, 0.25) is 0 Å². The number of benzene rings is 3. The van der Waals surface area contributed by atoms with Crippen molar-refractivity contribution in [2.24, 2.45) is 0 Å². The maximum absolute atomic E-state index is 9.33. The summed E-state index contributed by atoms with van der Waals surface area (Å²) in [5.74, 6) is 0.651. The van der Waals surface area contributed by atoms with Gasteiger partial charge in [-0.25, -0.2) is 10.1 Å². The Morgan fingerprint density at radius 1 is 0.947 bits per heavy atom. The third-order valence-corrected chi connectivity index (χ3v) is 7.07. The van der Waals surface area contributed by atoms with Gasteiger partial charge in [-0.2, -0.15) is 0 Å². The predicted octanol–water partition coefficient (Wildman–Crippen LogP) is 8.83. The van der Waals surface area contributed by atoms with Crippen LogP contribution in [0.15, 0.2) is 102 Å². The van der Waals surface area contributed by atoms with Crippen molar-refractivity contribution < 1.29 is 4.74 Å². The van der Waals surface area contributed by atoms with E-state index in [2.05, 4.69) is 82.5 Å². The zero-order valence-corrected chi connectivity index (χ0v) is 21.9. The van der Waals surface area contributed by atoms with E-state index < -0.39 is 5.60 Å². The molecule has 5 rings (SSSR count). The third-order valence-electron chi connectivity index (χ3n) is 7.07. The van der Waals surface area contributed by atoms with Gasteiger partial charge in [0.15, 0.2) is 0 Å². The number of nitriles is 1. The minimum atomic E-state index is -0.481. The first-order valence-corrected chi connectivity index (χ1v) is 13.1. The van der Waals surface area contributed by atoms with Gasteiger partial charge < -0.3 is 9.64 Å². The molecule has 4 nitrogen and oxygen atoms in total. The molecule has 1 aliphatic carbocycles. The van der Waals surface area contributed by atoms with Crippen LogP contribution in [0.5, 0.6) is 0 Å². The van der Waals surface area contributed by atoms with Crippen molar-refractivity contribution in [3.63, 3.8) is 0 Å². The molecule has 0 saturated heterocycles. The number of allylic oxidation sites excluding steroid dienone is 3. The Morgan fingerprint density at radius 3 is 2.42 bits per heavy atom. The van der Waals surface area contributed by atoms with Crippen LogP contribution in [-0.4, -0.2) is 5.60 Å². The third kappa shape index (κ3) is 5.41. The molecule has 0 amide bonds. The number of rotatable bonds is 5. The Morgan fingerprint density at radius 2 is 1.68 bits per heavy atom. The fourth-order valence-corrected chi connectivity index (χ4v) is 5.36. The number of hydrogen-bond acceptors (Lipinski definition) is 3.